The van der Waals surface area contributed by atoms with Crippen LogP contribution in [0.4, 0.5) is 5.82 Å². The summed E-state index contributed by atoms with van der Waals surface area (Å²) in [6, 6.07) is 18.1. The van der Waals surface area contributed by atoms with E-state index in [2.05, 4.69) is 17.4 Å². The fourth-order valence-corrected chi connectivity index (χ4v) is 3.42. The van der Waals surface area contributed by atoms with Crippen molar-refractivity contribution in [1.29, 1.82) is 0 Å². The molecule has 0 saturated carbocycles. The van der Waals surface area contributed by atoms with E-state index < -0.39 is 0 Å². The highest BCUT2D eigenvalue weighted by molar-refractivity contribution is 5.73. The van der Waals surface area contributed by atoms with Gasteiger partial charge in [0.05, 0.1) is 19.9 Å². The highest BCUT2D eigenvalue weighted by Crippen LogP contribution is 2.34. The summed E-state index contributed by atoms with van der Waals surface area (Å²) in [6.07, 6.45) is 0. The first-order valence-electron chi connectivity index (χ1n) is 9.48. The highest BCUT2D eigenvalue weighted by Gasteiger charge is 2.17. The molecule has 0 atom stereocenters. The molecular weight excluding hydrogens is 364 g/mol. The van der Waals surface area contributed by atoms with E-state index >= 15 is 0 Å². The van der Waals surface area contributed by atoms with Crippen molar-refractivity contribution in [2.75, 3.05) is 19.5 Å². The third-order valence-electron chi connectivity index (χ3n) is 4.92. The van der Waals surface area contributed by atoms with Gasteiger partial charge in [-0.2, -0.15) is 9.61 Å². The standard InChI is InChI=1S/C23H24N4O2/c1-15-12-21(24-14-17-8-6-5-7-9-17)27-23(25-15)16(2)22(26-27)18-10-11-19(28-3)20(13-18)29-4/h5-13,24H,14H2,1-4H3. The zero-order chi connectivity index (χ0) is 20.4. The van der Waals surface area contributed by atoms with Crippen molar-refractivity contribution in [3.05, 3.63) is 71.4 Å². The number of nitrogens with zero attached hydrogens (tertiary/aromatic N) is 3. The van der Waals surface area contributed by atoms with Crippen LogP contribution in [0, 0.1) is 13.8 Å². The molecule has 4 rings (SSSR count). The maximum Gasteiger partial charge on any atom is 0.161 e. The molecular formula is C23H24N4O2. The van der Waals surface area contributed by atoms with Crippen LogP contribution < -0.4 is 14.8 Å². The second kappa shape index (κ2) is 7.83. The number of nitrogens with one attached hydrogen (secondary N) is 1. The van der Waals surface area contributed by atoms with Crippen LogP contribution in [0.15, 0.2) is 54.6 Å². The number of methoxy groups -OCH3 is 2. The van der Waals surface area contributed by atoms with Gasteiger partial charge in [-0.15, -0.1) is 0 Å². The smallest absolute Gasteiger partial charge is 0.161 e. The van der Waals surface area contributed by atoms with E-state index in [0.29, 0.717) is 18.0 Å². The Balaban J connectivity index is 1.77. The van der Waals surface area contributed by atoms with Crippen LogP contribution in [-0.4, -0.2) is 28.8 Å². The van der Waals surface area contributed by atoms with Gasteiger partial charge in [0.2, 0.25) is 0 Å². The zero-order valence-electron chi connectivity index (χ0n) is 17.1. The Kier molecular flexibility index (Phi) is 5.08. The van der Waals surface area contributed by atoms with Crippen molar-refractivity contribution in [1.82, 2.24) is 14.6 Å². The Hall–Kier alpha value is -3.54. The summed E-state index contributed by atoms with van der Waals surface area (Å²) >= 11 is 0. The number of ether oxygens (including phenoxy) is 2. The van der Waals surface area contributed by atoms with E-state index in [9.17, 15) is 0 Å². The van der Waals surface area contributed by atoms with Gasteiger partial charge in [-0.1, -0.05) is 30.3 Å². The summed E-state index contributed by atoms with van der Waals surface area (Å²) < 4.78 is 12.7. The molecule has 1 N–H and O–H groups in total. The van der Waals surface area contributed by atoms with Gasteiger partial charge in [0, 0.05) is 29.4 Å². The van der Waals surface area contributed by atoms with Crippen molar-refractivity contribution in [2.24, 2.45) is 0 Å². The van der Waals surface area contributed by atoms with E-state index in [1.165, 1.54) is 5.56 Å². The molecule has 6 heteroatoms. The van der Waals surface area contributed by atoms with E-state index in [-0.39, 0.29) is 0 Å². The quantitative estimate of drug-likeness (QED) is 0.521. The first kappa shape index (κ1) is 18.8. The summed E-state index contributed by atoms with van der Waals surface area (Å²) in [5.74, 6) is 2.27. The molecule has 0 unspecified atom stereocenters. The van der Waals surface area contributed by atoms with Gasteiger partial charge in [-0.05, 0) is 37.6 Å². The van der Waals surface area contributed by atoms with Gasteiger partial charge in [-0.25, -0.2) is 4.98 Å². The minimum Gasteiger partial charge on any atom is -0.493 e. The minimum absolute atomic E-state index is 0.674. The normalized spacial score (nSPS) is 10.9. The van der Waals surface area contributed by atoms with Crippen LogP contribution in [0.5, 0.6) is 11.5 Å². The van der Waals surface area contributed by atoms with E-state index in [1.54, 1.807) is 14.2 Å². The first-order chi connectivity index (χ1) is 14.1. The van der Waals surface area contributed by atoms with E-state index in [4.69, 9.17) is 19.6 Å². The molecule has 0 radical (unpaired) electrons. The summed E-state index contributed by atoms with van der Waals surface area (Å²) in [4.78, 5) is 4.72. The number of hydrogen-bond acceptors (Lipinski definition) is 5. The number of anilines is 1. The van der Waals surface area contributed by atoms with Gasteiger partial charge in [0.1, 0.15) is 5.82 Å². The Morgan fingerprint density at radius 1 is 0.931 bits per heavy atom. The second-order valence-electron chi connectivity index (χ2n) is 6.90. The maximum absolute atomic E-state index is 5.46. The van der Waals surface area contributed by atoms with Gasteiger partial charge in [0.15, 0.2) is 17.1 Å². The molecule has 2 aromatic heterocycles. The number of aryl methyl sites for hydroxylation is 2. The lowest BCUT2D eigenvalue weighted by atomic mass is 10.1. The average Bonchev–Trinajstić information content (AvgIpc) is 3.08. The molecule has 148 valence electrons. The van der Waals surface area contributed by atoms with Crippen LogP contribution in [0.1, 0.15) is 16.8 Å². The Labute approximate surface area is 170 Å². The zero-order valence-corrected chi connectivity index (χ0v) is 17.1. The summed E-state index contributed by atoms with van der Waals surface area (Å²) in [6.45, 7) is 4.75. The van der Waals surface area contributed by atoms with Crippen molar-refractivity contribution in [3.63, 3.8) is 0 Å². The predicted molar refractivity (Wildman–Crippen MR) is 115 cm³/mol. The number of fused-ring (bicyclic) bond motifs is 1. The molecule has 4 aromatic rings. The number of aromatic nitrogens is 3. The molecule has 0 spiro atoms. The van der Waals surface area contributed by atoms with E-state index in [1.807, 2.05) is 60.8 Å². The fraction of sp³-hybridized carbons (Fsp3) is 0.217. The van der Waals surface area contributed by atoms with E-state index in [0.717, 1.165) is 34.0 Å². The maximum atomic E-state index is 5.46. The molecule has 0 aliphatic rings. The van der Waals surface area contributed by atoms with Gasteiger partial charge < -0.3 is 14.8 Å². The Bertz CT molecular complexity index is 1150. The van der Waals surface area contributed by atoms with Gasteiger partial charge >= 0.3 is 0 Å². The molecule has 2 aromatic carbocycles. The Morgan fingerprint density at radius 2 is 1.69 bits per heavy atom. The Morgan fingerprint density at radius 3 is 2.41 bits per heavy atom. The minimum atomic E-state index is 0.674. The number of hydrogen-bond donors (Lipinski definition) is 1. The SMILES string of the molecule is COc1ccc(-c2nn3c(NCc4ccccc4)cc(C)nc3c2C)cc1OC. The molecule has 0 fully saturated rings. The van der Waals surface area contributed by atoms with Crippen LogP contribution in [0.2, 0.25) is 0 Å². The van der Waals surface area contributed by atoms with Crippen molar-refractivity contribution >= 4 is 11.5 Å². The molecule has 0 bridgehead atoms. The lowest BCUT2D eigenvalue weighted by Gasteiger charge is -2.09. The molecule has 0 aliphatic carbocycles. The average molecular weight is 388 g/mol. The lowest BCUT2D eigenvalue weighted by Crippen LogP contribution is -2.06. The van der Waals surface area contributed by atoms with Gasteiger partial charge in [-0.3, -0.25) is 0 Å². The van der Waals surface area contributed by atoms with Crippen molar-refractivity contribution in [3.8, 4) is 22.8 Å². The summed E-state index contributed by atoms with van der Waals surface area (Å²) in [7, 11) is 3.26. The van der Waals surface area contributed by atoms with Crippen molar-refractivity contribution < 1.29 is 9.47 Å². The molecule has 0 amide bonds. The molecule has 0 aliphatic heterocycles. The molecule has 0 saturated heterocycles. The third-order valence-corrected chi connectivity index (χ3v) is 4.92. The van der Waals surface area contributed by atoms with Crippen LogP contribution in [0.3, 0.4) is 0 Å². The largest absolute Gasteiger partial charge is 0.493 e. The number of benzene rings is 2. The molecule has 6 nitrogen and oxygen atoms in total. The highest BCUT2D eigenvalue weighted by atomic mass is 16.5. The van der Waals surface area contributed by atoms with Crippen LogP contribution in [-0.2, 0) is 6.54 Å². The fourth-order valence-electron chi connectivity index (χ4n) is 3.42. The topological polar surface area (TPSA) is 60.7 Å². The monoisotopic (exact) mass is 388 g/mol. The molecule has 2 heterocycles. The van der Waals surface area contributed by atoms with Crippen LogP contribution >= 0.6 is 0 Å². The molecule has 29 heavy (non-hydrogen) atoms. The summed E-state index contributed by atoms with van der Waals surface area (Å²) in [5.41, 5.74) is 5.83. The number of rotatable bonds is 6. The third kappa shape index (κ3) is 3.61. The van der Waals surface area contributed by atoms with Gasteiger partial charge in [0.25, 0.3) is 0 Å². The summed E-state index contributed by atoms with van der Waals surface area (Å²) in [5, 5.41) is 8.36. The lowest BCUT2D eigenvalue weighted by molar-refractivity contribution is 0.355. The second-order valence-corrected chi connectivity index (χ2v) is 6.90. The predicted octanol–water partition coefficient (Wildman–Crippen LogP) is 4.64. The van der Waals surface area contributed by atoms with Crippen molar-refractivity contribution in [2.45, 2.75) is 20.4 Å². The van der Waals surface area contributed by atoms with Crippen LogP contribution in [0.25, 0.3) is 16.9 Å². The first-order valence-corrected chi connectivity index (χ1v) is 9.48.